The van der Waals surface area contributed by atoms with Gasteiger partial charge in [0, 0.05) is 0 Å². The van der Waals surface area contributed by atoms with Crippen molar-refractivity contribution in [3.8, 4) is 6.07 Å². The molecule has 1 rings (SSSR count). The number of nitrogens with two attached hydrogens (primary N) is 1. The summed E-state index contributed by atoms with van der Waals surface area (Å²) in [6.07, 6.45) is 0. The molecule has 0 saturated heterocycles. The van der Waals surface area contributed by atoms with Gasteiger partial charge in [-0.15, -0.1) is 0 Å². The molecular formula is C8H5FN2O2. The minimum atomic E-state index is -1.37. The molecule has 4 nitrogen and oxygen atoms in total. The van der Waals surface area contributed by atoms with E-state index >= 15 is 0 Å². The summed E-state index contributed by atoms with van der Waals surface area (Å²) in [6.45, 7) is 0. The fourth-order valence-electron chi connectivity index (χ4n) is 0.921. The van der Waals surface area contributed by atoms with Crippen LogP contribution in [-0.2, 0) is 0 Å². The van der Waals surface area contributed by atoms with Gasteiger partial charge in [0.1, 0.15) is 11.9 Å². The molecule has 0 bridgehead atoms. The van der Waals surface area contributed by atoms with Gasteiger partial charge in [-0.3, -0.25) is 0 Å². The highest BCUT2D eigenvalue weighted by atomic mass is 19.1. The second-order valence-corrected chi connectivity index (χ2v) is 2.33. The topological polar surface area (TPSA) is 87.1 Å². The van der Waals surface area contributed by atoms with E-state index in [-0.39, 0.29) is 11.3 Å². The van der Waals surface area contributed by atoms with E-state index < -0.39 is 17.3 Å². The number of hydrogen-bond acceptors (Lipinski definition) is 3. The summed E-state index contributed by atoms with van der Waals surface area (Å²) in [6, 6.07) is 3.27. The van der Waals surface area contributed by atoms with Crippen molar-refractivity contribution >= 4 is 11.7 Å². The van der Waals surface area contributed by atoms with Crippen molar-refractivity contribution in [2.45, 2.75) is 0 Å². The van der Waals surface area contributed by atoms with Crippen LogP contribution in [0.3, 0.4) is 0 Å². The van der Waals surface area contributed by atoms with E-state index in [1.54, 1.807) is 6.07 Å². The van der Waals surface area contributed by atoms with E-state index in [1.807, 2.05) is 0 Å². The molecule has 5 heteroatoms. The van der Waals surface area contributed by atoms with Crippen LogP contribution in [0.1, 0.15) is 15.9 Å². The van der Waals surface area contributed by atoms with Gasteiger partial charge in [0.05, 0.1) is 16.8 Å². The second-order valence-electron chi connectivity index (χ2n) is 2.33. The summed E-state index contributed by atoms with van der Waals surface area (Å²) < 4.78 is 12.7. The third kappa shape index (κ3) is 1.56. The van der Waals surface area contributed by atoms with Crippen molar-refractivity contribution in [3.63, 3.8) is 0 Å². The van der Waals surface area contributed by atoms with Gasteiger partial charge in [-0.1, -0.05) is 0 Å². The van der Waals surface area contributed by atoms with E-state index in [4.69, 9.17) is 16.1 Å². The Hall–Kier alpha value is -2.09. The maximum atomic E-state index is 12.7. The predicted octanol–water partition coefficient (Wildman–Crippen LogP) is 0.978. The van der Waals surface area contributed by atoms with Crippen LogP contribution in [-0.4, -0.2) is 11.1 Å². The molecule has 66 valence electrons. The van der Waals surface area contributed by atoms with Crippen molar-refractivity contribution in [1.29, 1.82) is 5.26 Å². The Morgan fingerprint density at radius 1 is 1.62 bits per heavy atom. The molecule has 0 heterocycles. The smallest absolute Gasteiger partial charge is 0.337 e. The highest BCUT2D eigenvalue weighted by Crippen LogP contribution is 2.18. The molecular weight excluding hydrogens is 175 g/mol. The molecule has 0 atom stereocenters. The first-order valence-corrected chi connectivity index (χ1v) is 3.28. The summed E-state index contributed by atoms with van der Waals surface area (Å²) in [5, 5.41) is 17.1. The normalized spacial score (nSPS) is 9.23. The summed E-state index contributed by atoms with van der Waals surface area (Å²) in [7, 11) is 0. The Balaban J connectivity index is 3.50. The Morgan fingerprint density at radius 3 is 2.69 bits per heavy atom. The number of aromatic carboxylic acids is 1. The van der Waals surface area contributed by atoms with E-state index in [0.29, 0.717) is 0 Å². The lowest BCUT2D eigenvalue weighted by Gasteiger charge is -2.01. The fraction of sp³-hybridized carbons (Fsp3) is 0. The first kappa shape index (κ1) is 9.00. The number of carboxylic acid groups (broad SMARTS) is 1. The zero-order valence-electron chi connectivity index (χ0n) is 6.41. The van der Waals surface area contributed by atoms with Crippen molar-refractivity contribution in [3.05, 3.63) is 29.1 Å². The van der Waals surface area contributed by atoms with Crippen LogP contribution in [0, 0.1) is 17.1 Å². The first-order valence-electron chi connectivity index (χ1n) is 3.28. The van der Waals surface area contributed by atoms with Crippen LogP contribution in [0.2, 0.25) is 0 Å². The quantitative estimate of drug-likeness (QED) is 0.630. The average molecular weight is 180 g/mol. The first-order chi connectivity index (χ1) is 6.06. The van der Waals surface area contributed by atoms with Gasteiger partial charge < -0.3 is 10.8 Å². The lowest BCUT2D eigenvalue weighted by atomic mass is 10.1. The van der Waals surface area contributed by atoms with E-state index in [2.05, 4.69) is 0 Å². The number of anilines is 1. The molecule has 0 fully saturated rings. The molecule has 0 aliphatic rings. The van der Waals surface area contributed by atoms with Crippen molar-refractivity contribution in [2.24, 2.45) is 0 Å². The van der Waals surface area contributed by atoms with Crippen LogP contribution in [0.5, 0.6) is 0 Å². The third-order valence-corrected chi connectivity index (χ3v) is 1.48. The molecule has 0 unspecified atom stereocenters. The molecule has 0 aliphatic heterocycles. The number of hydrogen-bond donors (Lipinski definition) is 2. The number of benzene rings is 1. The van der Waals surface area contributed by atoms with Gasteiger partial charge in [0.15, 0.2) is 0 Å². The molecule has 1 aromatic carbocycles. The molecule has 0 saturated carbocycles. The van der Waals surface area contributed by atoms with Gasteiger partial charge in [-0.2, -0.15) is 5.26 Å². The fourth-order valence-corrected chi connectivity index (χ4v) is 0.921. The van der Waals surface area contributed by atoms with Crippen LogP contribution in [0.25, 0.3) is 0 Å². The largest absolute Gasteiger partial charge is 0.478 e. The standard InChI is InChI=1S/C8H5FN2O2/c9-4-1-5(8(12)13)6(3-10)7(11)2-4/h1-2H,11H2,(H,12,13). The maximum Gasteiger partial charge on any atom is 0.337 e. The van der Waals surface area contributed by atoms with Crippen LogP contribution >= 0.6 is 0 Å². The SMILES string of the molecule is N#Cc1c(N)cc(F)cc1C(=O)O. The molecule has 0 amide bonds. The lowest BCUT2D eigenvalue weighted by molar-refractivity contribution is 0.0696. The van der Waals surface area contributed by atoms with Crippen LogP contribution in [0.4, 0.5) is 10.1 Å². The minimum absolute atomic E-state index is 0.167. The number of carbonyl (C=O) groups is 1. The summed E-state index contributed by atoms with van der Waals surface area (Å²) in [5.41, 5.74) is 4.45. The third-order valence-electron chi connectivity index (χ3n) is 1.48. The second kappa shape index (κ2) is 3.11. The summed E-state index contributed by atoms with van der Waals surface area (Å²) in [5.74, 6) is -2.14. The van der Waals surface area contributed by atoms with Gasteiger partial charge in [-0.25, -0.2) is 9.18 Å². The zero-order valence-corrected chi connectivity index (χ0v) is 6.41. The predicted molar refractivity (Wildman–Crippen MR) is 42.5 cm³/mol. The van der Waals surface area contributed by atoms with Gasteiger partial charge >= 0.3 is 5.97 Å². The van der Waals surface area contributed by atoms with Crippen molar-refractivity contribution < 1.29 is 14.3 Å². The number of nitrogen functional groups attached to an aromatic ring is 1. The summed E-state index contributed by atoms with van der Waals surface area (Å²) >= 11 is 0. The lowest BCUT2D eigenvalue weighted by Crippen LogP contribution is -2.04. The van der Waals surface area contributed by atoms with Gasteiger partial charge in [-0.05, 0) is 12.1 Å². The highest BCUT2D eigenvalue weighted by Gasteiger charge is 2.14. The monoisotopic (exact) mass is 180 g/mol. The molecule has 0 radical (unpaired) electrons. The number of rotatable bonds is 1. The number of halogens is 1. The average Bonchev–Trinajstić information content (AvgIpc) is 2.02. The number of carboxylic acids is 1. The van der Waals surface area contributed by atoms with E-state index in [1.165, 1.54) is 0 Å². The van der Waals surface area contributed by atoms with Crippen molar-refractivity contribution in [1.82, 2.24) is 0 Å². The maximum absolute atomic E-state index is 12.7. The molecule has 0 aromatic heterocycles. The number of nitrogens with zero attached hydrogens (tertiary/aromatic N) is 1. The molecule has 1 aromatic rings. The molecule has 13 heavy (non-hydrogen) atoms. The van der Waals surface area contributed by atoms with E-state index in [0.717, 1.165) is 12.1 Å². The van der Waals surface area contributed by atoms with Crippen LogP contribution in [0.15, 0.2) is 12.1 Å². The van der Waals surface area contributed by atoms with Crippen LogP contribution < -0.4 is 5.73 Å². The minimum Gasteiger partial charge on any atom is -0.478 e. The van der Waals surface area contributed by atoms with Gasteiger partial charge in [0.25, 0.3) is 0 Å². The Kier molecular flexibility index (Phi) is 2.15. The number of nitriles is 1. The van der Waals surface area contributed by atoms with Crippen molar-refractivity contribution in [2.75, 3.05) is 5.73 Å². The Morgan fingerprint density at radius 2 is 2.23 bits per heavy atom. The molecule has 0 aliphatic carbocycles. The van der Waals surface area contributed by atoms with E-state index in [9.17, 15) is 9.18 Å². The Labute approximate surface area is 73.0 Å². The van der Waals surface area contributed by atoms with Gasteiger partial charge in [0.2, 0.25) is 0 Å². The highest BCUT2D eigenvalue weighted by molar-refractivity contribution is 5.92. The molecule has 0 spiro atoms. The zero-order chi connectivity index (χ0) is 10.0. The summed E-state index contributed by atoms with van der Waals surface area (Å²) in [4.78, 5) is 10.5. The molecule has 3 N–H and O–H groups in total. The Bertz CT molecular complexity index is 409.